The Labute approximate surface area is 191 Å². The Morgan fingerprint density at radius 1 is 0.788 bits per heavy atom. The fourth-order valence-corrected chi connectivity index (χ4v) is 4.56. The lowest BCUT2D eigenvalue weighted by Crippen LogP contribution is -2.46. The SMILES string of the molecule is Fc1ccc(-c2nnc(N3CCN(Cc4ccc5c(c4)OCO5)CC3)c3ccccc23)cc1. The summed E-state index contributed by atoms with van der Waals surface area (Å²) in [5.41, 5.74) is 2.86. The Balaban J connectivity index is 1.21. The fraction of sp³-hybridized carbons (Fsp3) is 0.231. The Bertz CT molecular complexity index is 1300. The zero-order valence-corrected chi connectivity index (χ0v) is 18.1. The van der Waals surface area contributed by atoms with Crippen LogP contribution in [0.25, 0.3) is 22.0 Å². The molecule has 33 heavy (non-hydrogen) atoms. The summed E-state index contributed by atoms with van der Waals surface area (Å²) in [4.78, 5) is 4.75. The number of aromatic nitrogens is 2. The largest absolute Gasteiger partial charge is 0.454 e. The number of fused-ring (bicyclic) bond motifs is 2. The molecular weight excluding hydrogens is 419 g/mol. The van der Waals surface area contributed by atoms with Gasteiger partial charge in [-0.15, -0.1) is 10.2 Å². The van der Waals surface area contributed by atoms with Crippen molar-refractivity contribution in [2.45, 2.75) is 6.54 Å². The van der Waals surface area contributed by atoms with Gasteiger partial charge >= 0.3 is 0 Å². The number of halogens is 1. The third kappa shape index (κ3) is 3.85. The molecule has 7 heteroatoms. The van der Waals surface area contributed by atoms with E-state index in [0.29, 0.717) is 6.79 Å². The Morgan fingerprint density at radius 3 is 2.36 bits per heavy atom. The van der Waals surface area contributed by atoms with E-state index in [0.717, 1.165) is 72.1 Å². The minimum Gasteiger partial charge on any atom is -0.454 e. The van der Waals surface area contributed by atoms with Crippen LogP contribution in [0.4, 0.5) is 10.2 Å². The van der Waals surface area contributed by atoms with Crippen molar-refractivity contribution in [1.82, 2.24) is 15.1 Å². The summed E-state index contributed by atoms with van der Waals surface area (Å²) in [5.74, 6) is 2.29. The van der Waals surface area contributed by atoms with Crippen LogP contribution < -0.4 is 14.4 Å². The smallest absolute Gasteiger partial charge is 0.231 e. The molecule has 1 fully saturated rings. The average molecular weight is 442 g/mol. The van der Waals surface area contributed by atoms with E-state index in [2.05, 4.69) is 44.3 Å². The topological polar surface area (TPSA) is 50.7 Å². The van der Waals surface area contributed by atoms with Gasteiger partial charge in [0.15, 0.2) is 17.3 Å². The molecule has 3 heterocycles. The van der Waals surface area contributed by atoms with Crippen molar-refractivity contribution < 1.29 is 13.9 Å². The molecule has 0 radical (unpaired) electrons. The summed E-state index contributed by atoms with van der Waals surface area (Å²) >= 11 is 0. The molecule has 0 amide bonds. The van der Waals surface area contributed by atoms with Crippen LogP contribution in [0.1, 0.15) is 5.56 Å². The molecule has 0 unspecified atom stereocenters. The Kier molecular flexibility index (Phi) is 5.03. The van der Waals surface area contributed by atoms with Crippen LogP contribution in [0.3, 0.4) is 0 Å². The third-order valence-corrected chi connectivity index (χ3v) is 6.30. The molecule has 0 saturated carbocycles. The van der Waals surface area contributed by atoms with Gasteiger partial charge in [0.05, 0.1) is 0 Å². The summed E-state index contributed by atoms with van der Waals surface area (Å²) in [5, 5.41) is 11.3. The van der Waals surface area contributed by atoms with Gasteiger partial charge in [0, 0.05) is 49.1 Å². The zero-order chi connectivity index (χ0) is 22.2. The van der Waals surface area contributed by atoms with Crippen molar-refractivity contribution in [3.05, 3.63) is 78.1 Å². The van der Waals surface area contributed by atoms with E-state index in [9.17, 15) is 4.39 Å². The Morgan fingerprint density at radius 2 is 1.55 bits per heavy atom. The number of nitrogens with zero attached hydrogens (tertiary/aromatic N) is 4. The molecule has 1 aromatic heterocycles. The van der Waals surface area contributed by atoms with E-state index in [-0.39, 0.29) is 5.82 Å². The van der Waals surface area contributed by atoms with Crippen LogP contribution in [0.15, 0.2) is 66.7 Å². The van der Waals surface area contributed by atoms with Crippen LogP contribution in [-0.4, -0.2) is 48.1 Å². The first-order chi connectivity index (χ1) is 16.2. The van der Waals surface area contributed by atoms with Crippen LogP contribution in [0.2, 0.25) is 0 Å². The first kappa shape index (κ1) is 19.9. The number of hydrogen-bond donors (Lipinski definition) is 0. The second kappa shape index (κ2) is 8.33. The van der Waals surface area contributed by atoms with E-state index in [4.69, 9.17) is 9.47 Å². The van der Waals surface area contributed by atoms with Crippen molar-refractivity contribution in [3.8, 4) is 22.8 Å². The predicted molar refractivity (Wildman–Crippen MR) is 125 cm³/mol. The highest BCUT2D eigenvalue weighted by atomic mass is 19.1. The van der Waals surface area contributed by atoms with Gasteiger partial charge in [-0.2, -0.15) is 0 Å². The molecule has 4 aromatic rings. The minimum atomic E-state index is -0.258. The second-order valence-corrected chi connectivity index (χ2v) is 8.38. The van der Waals surface area contributed by atoms with Gasteiger partial charge in [0.25, 0.3) is 0 Å². The van der Waals surface area contributed by atoms with E-state index in [1.807, 2.05) is 18.2 Å². The monoisotopic (exact) mass is 442 g/mol. The predicted octanol–water partition coefficient (Wildman–Crippen LogP) is 4.49. The maximum atomic E-state index is 13.4. The highest BCUT2D eigenvalue weighted by Crippen LogP contribution is 2.34. The molecule has 0 aliphatic carbocycles. The van der Waals surface area contributed by atoms with Crippen molar-refractivity contribution in [1.29, 1.82) is 0 Å². The molecule has 2 aliphatic rings. The molecule has 0 spiro atoms. The highest BCUT2D eigenvalue weighted by Gasteiger charge is 2.22. The third-order valence-electron chi connectivity index (χ3n) is 6.30. The number of anilines is 1. The summed E-state index contributed by atoms with van der Waals surface area (Å²) in [6, 6.07) is 20.8. The maximum absolute atomic E-state index is 13.4. The van der Waals surface area contributed by atoms with Gasteiger partial charge < -0.3 is 14.4 Å². The standard InChI is InChI=1S/C26H23FN4O2/c27-20-8-6-19(7-9-20)25-21-3-1-2-4-22(21)26(29-28-25)31-13-11-30(12-14-31)16-18-5-10-23-24(15-18)33-17-32-23/h1-10,15H,11-14,16-17H2. The molecule has 166 valence electrons. The van der Waals surface area contributed by atoms with Crippen LogP contribution in [0.5, 0.6) is 11.5 Å². The molecule has 0 bridgehead atoms. The second-order valence-electron chi connectivity index (χ2n) is 8.38. The van der Waals surface area contributed by atoms with E-state index in [1.165, 1.54) is 17.7 Å². The summed E-state index contributed by atoms with van der Waals surface area (Å²) in [7, 11) is 0. The van der Waals surface area contributed by atoms with Crippen molar-refractivity contribution in [2.24, 2.45) is 0 Å². The van der Waals surface area contributed by atoms with Gasteiger partial charge in [0.2, 0.25) is 6.79 Å². The lowest BCUT2D eigenvalue weighted by atomic mass is 10.0. The molecule has 0 atom stereocenters. The normalized spacial score (nSPS) is 15.8. The number of ether oxygens (including phenoxy) is 2. The fourth-order valence-electron chi connectivity index (χ4n) is 4.56. The lowest BCUT2D eigenvalue weighted by Gasteiger charge is -2.35. The quantitative estimate of drug-likeness (QED) is 0.464. The molecule has 3 aromatic carbocycles. The number of hydrogen-bond acceptors (Lipinski definition) is 6. The average Bonchev–Trinajstić information content (AvgIpc) is 3.33. The van der Waals surface area contributed by atoms with Crippen LogP contribution in [0, 0.1) is 5.82 Å². The Hall–Kier alpha value is -3.71. The van der Waals surface area contributed by atoms with E-state index < -0.39 is 0 Å². The molecule has 6 rings (SSSR count). The number of rotatable bonds is 4. The first-order valence-corrected chi connectivity index (χ1v) is 11.1. The van der Waals surface area contributed by atoms with E-state index >= 15 is 0 Å². The van der Waals surface area contributed by atoms with Gasteiger partial charge in [0.1, 0.15) is 11.5 Å². The minimum absolute atomic E-state index is 0.258. The summed E-state index contributed by atoms with van der Waals surface area (Å²) < 4.78 is 24.3. The van der Waals surface area contributed by atoms with E-state index in [1.54, 1.807) is 12.1 Å². The van der Waals surface area contributed by atoms with Crippen molar-refractivity contribution >= 4 is 16.6 Å². The lowest BCUT2D eigenvalue weighted by molar-refractivity contribution is 0.174. The first-order valence-electron chi connectivity index (χ1n) is 11.1. The maximum Gasteiger partial charge on any atom is 0.231 e. The zero-order valence-electron chi connectivity index (χ0n) is 18.1. The molecule has 2 aliphatic heterocycles. The molecule has 6 nitrogen and oxygen atoms in total. The van der Waals surface area contributed by atoms with Gasteiger partial charge in [-0.25, -0.2) is 4.39 Å². The highest BCUT2D eigenvalue weighted by molar-refractivity contribution is 6.00. The van der Waals surface area contributed by atoms with Crippen LogP contribution in [-0.2, 0) is 6.54 Å². The van der Waals surface area contributed by atoms with Gasteiger partial charge in [-0.3, -0.25) is 4.90 Å². The number of piperazine rings is 1. The summed E-state index contributed by atoms with van der Waals surface area (Å²) in [6.07, 6.45) is 0. The molecule has 1 saturated heterocycles. The van der Waals surface area contributed by atoms with Gasteiger partial charge in [-0.05, 0) is 42.0 Å². The van der Waals surface area contributed by atoms with Crippen molar-refractivity contribution in [3.63, 3.8) is 0 Å². The van der Waals surface area contributed by atoms with Crippen LogP contribution >= 0.6 is 0 Å². The molecule has 0 N–H and O–H groups in total. The molecular formula is C26H23FN4O2. The number of benzene rings is 3. The summed E-state index contributed by atoms with van der Waals surface area (Å²) in [6.45, 7) is 4.79. The van der Waals surface area contributed by atoms with Gasteiger partial charge in [-0.1, -0.05) is 30.3 Å². The van der Waals surface area contributed by atoms with Crippen molar-refractivity contribution in [2.75, 3.05) is 37.9 Å².